The van der Waals surface area contributed by atoms with Gasteiger partial charge in [-0.15, -0.1) is 0 Å². The molecule has 3 heteroatoms. The van der Waals surface area contributed by atoms with Crippen molar-refractivity contribution in [3.8, 4) is 0 Å². The van der Waals surface area contributed by atoms with E-state index in [1.54, 1.807) is 0 Å². The van der Waals surface area contributed by atoms with Gasteiger partial charge in [0, 0.05) is 0 Å². The van der Waals surface area contributed by atoms with Crippen LogP contribution in [-0.2, 0) is 0 Å². The Morgan fingerprint density at radius 1 is 1.62 bits per heavy atom. The van der Waals surface area contributed by atoms with E-state index in [2.05, 4.69) is 0 Å². The van der Waals surface area contributed by atoms with Crippen molar-refractivity contribution in [2.75, 3.05) is 0 Å². The monoisotopic (exact) mass is 124 g/mol. The van der Waals surface area contributed by atoms with E-state index >= 15 is 0 Å². The zero-order chi connectivity index (χ0) is 6.36. The predicted octanol–water partition coefficient (Wildman–Crippen LogP) is 2.00. The summed E-state index contributed by atoms with van der Waals surface area (Å²) in [6, 6.07) is 0. The number of halogens is 3. The van der Waals surface area contributed by atoms with Gasteiger partial charge in [0.25, 0.3) is 6.43 Å². The van der Waals surface area contributed by atoms with Crippen LogP contribution in [0, 0.1) is 5.92 Å². The fourth-order valence-corrected chi connectivity index (χ4v) is 0.715. The summed E-state index contributed by atoms with van der Waals surface area (Å²) >= 11 is 0. The molecule has 1 fully saturated rings. The quantitative estimate of drug-likeness (QED) is 0.501. The molecule has 0 heterocycles. The maximum absolute atomic E-state index is 12.3. The first-order chi connectivity index (χ1) is 3.57. The summed E-state index contributed by atoms with van der Waals surface area (Å²) in [4.78, 5) is 0. The van der Waals surface area contributed by atoms with Crippen molar-refractivity contribution in [3.05, 3.63) is 0 Å². The normalized spacial score (nSPS) is 45.4. The molecule has 0 N–H and O–H groups in total. The molecule has 0 aromatic heterocycles. The summed E-state index contributed by atoms with van der Waals surface area (Å²) in [7, 11) is 0. The average molecular weight is 124 g/mol. The third-order valence-electron chi connectivity index (χ3n) is 1.64. The number of alkyl halides is 3. The summed E-state index contributed by atoms with van der Waals surface area (Å²) in [6.45, 7) is 1.49. The molecular weight excluding hydrogens is 117 g/mol. The van der Waals surface area contributed by atoms with Gasteiger partial charge in [0.2, 0.25) is 0 Å². The van der Waals surface area contributed by atoms with Crippen LogP contribution in [0.25, 0.3) is 0 Å². The van der Waals surface area contributed by atoms with Crippen molar-refractivity contribution in [3.63, 3.8) is 0 Å². The SMILES string of the molecule is C[C@H]1C[C@]1(F)C(F)F. The first-order valence-corrected chi connectivity index (χ1v) is 2.54. The van der Waals surface area contributed by atoms with E-state index in [1.807, 2.05) is 0 Å². The van der Waals surface area contributed by atoms with Crippen LogP contribution in [0.5, 0.6) is 0 Å². The summed E-state index contributed by atoms with van der Waals surface area (Å²) in [5.41, 5.74) is -2.12. The maximum atomic E-state index is 12.3. The highest BCUT2D eigenvalue weighted by Crippen LogP contribution is 2.50. The molecule has 48 valence electrons. The van der Waals surface area contributed by atoms with Crippen molar-refractivity contribution in [2.24, 2.45) is 5.92 Å². The Bertz CT molecular complexity index is 102. The predicted molar refractivity (Wildman–Crippen MR) is 23.6 cm³/mol. The Morgan fingerprint density at radius 3 is 2.00 bits per heavy atom. The van der Waals surface area contributed by atoms with E-state index in [0.29, 0.717) is 0 Å². The second kappa shape index (κ2) is 1.39. The molecular formula is C5H7F3. The molecule has 1 rings (SSSR count). The first-order valence-electron chi connectivity index (χ1n) is 2.54. The van der Waals surface area contributed by atoms with E-state index in [0.717, 1.165) is 0 Å². The van der Waals surface area contributed by atoms with Gasteiger partial charge in [0.1, 0.15) is 0 Å². The van der Waals surface area contributed by atoms with Gasteiger partial charge in [-0.05, 0) is 12.3 Å². The second-order valence-corrected chi connectivity index (χ2v) is 2.33. The van der Waals surface area contributed by atoms with Gasteiger partial charge >= 0.3 is 0 Å². The minimum Gasteiger partial charge on any atom is -0.237 e. The topological polar surface area (TPSA) is 0 Å². The van der Waals surface area contributed by atoms with Crippen molar-refractivity contribution in [1.82, 2.24) is 0 Å². The van der Waals surface area contributed by atoms with Crippen LogP contribution in [-0.4, -0.2) is 12.1 Å². The molecule has 1 saturated carbocycles. The largest absolute Gasteiger partial charge is 0.272 e. The number of hydrogen-bond acceptors (Lipinski definition) is 0. The number of hydrogen-bond donors (Lipinski definition) is 0. The molecule has 0 spiro atoms. The standard InChI is InChI=1S/C5H7F3/c1-3-2-5(3,8)4(6)7/h3-4H,2H2,1H3/t3-,5+/m0/s1. The van der Waals surface area contributed by atoms with E-state index in [9.17, 15) is 13.2 Å². The highest BCUT2D eigenvalue weighted by Gasteiger charge is 2.59. The average Bonchev–Trinajstić information content (AvgIpc) is 2.17. The fraction of sp³-hybridized carbons (Fsp3) is 1.00. The van der Waals surface area contributed by atoms with Crippen LogP contribution in [0.4, 0.5) is 13.2 Å². The summed E-state index contributed by atoms with van der Waals surface area (Å²) in [6.07, 6.45) is -2.75. The molecule has 0 radical (unpaired) electrons. The Labute approximate surface area is 45.7 Å². The fourth-order valence-electron chi connectivity index (χ4n) is 0.715. The Morgan fingerprint density at radius 2 is 2.00 bits per heavy atom. The van der Waals surface area contributed by atoms with Crippen LogP contribution in [0.3, 0.4) is 0 Å². The van der Waals surface area contributed by atoms with Crippen LogP contribution in [0.15, 0.2) is 0 Å². The van der Waals surface area contributed by atoms with Crippen LogP contribution < -0.4 is 0 Å². The Balaban J connectivity index is 2.47. The van der Waals surface area contributed by atoms with Crippen molar-refractivity contribution < 1.29 is 13.2 Å². The number of rotatable bonds is 1. The van der Waals surface area contributed by atoms with Gasteiger partial charge in [0.05, 0.1) is 0 Å². The third-order valence-corrected chi connectivity index (χ3v) is 1.64. The molecule has 2 atom stereocenters. The smallest absolute Gasteiger partial charge is 0.237 e. The third kappa shape index (κ3) is 0.607. The zero-order valence-electron chi connectivity index (χ0n) is 4.50. The molecule has 0 nitrogen and oxygen atoms in total. The van der Waals surface area contributed by atoms with E-state index in [4.69, 9.17) is 0 Å². The van der Waals surface area contributed by atoms with Crippen LogP contribution >= 0.6 is 0 Å². The molecule has 0 aromatic carbocycles. The van der Waals surface area contributed by atoms with Crippen LogP contribution in [0.2, 0.25) is 0 Å². The molecule has 0 aliphatic heterocycles. The van der Waals surface area contributed by atoms with Crippen molar-refractivity contribution in [2.45, 2.75) is 25.4 Å². The highest BCUT2D eigenvalue weighted by molar-refractivity contribution is 5.03. The minimum atomic E-state index is -2.78. The lowest BCUT2D eigenvalue weighted by molar-refractivity contribution is 0.0247. The lowest BCUT2D eigenvalue weighted by atomic mass is 10.3. The van der Waals surface area contributed by atoms with Gasteiger partial charge < -0.3 is 0 Å². The molecule has 1 aliphatic carbocycles. The molecule has 0 bridgehead atoms. The highest BCUT2D eigenvalue weighted by atomic mass is 19.3. The molecule has 0 unspecified atom stereocenters. The molecule has 0 amide bonds. The van der Waals surface area contributed by atoms with E-state index in [1.165, 1.54) is 6.92 Å². The first kappa shape index (κ1) is 5.92. The van der Waals surface area contributed by atoms with Crippen LogP contribution in [0.1, 0.15) is 13.3 Å². The minimum absolute atomic E-state index is 0.0324. The van der Waals surface area contributed by atoms with E-state index < -0.39 is 18.0 Å². The lowest BCUT2D eigenvalue weighted by Crippen LogP contribution is -2.14. The maximum Gasteiger partial charge on any atom is 0.272 e. The molecule has 8 heavy (non-hydrogen) atoms. The van der Waals surface area contributed by atoms with Gasteiger partial charge in [0.15, 0.2) is 5.67 Å². The Kier molecular flexibility index (Phi) is 1.03. The van der Waals surface area contributed by atoms with Gasteiger partial charge in [-0.1, -0.05) is 6.92 Å². The van der Waals surface area contributed by atoms with Gasteiger partial charge in [-0.2, -0.15) is 0 Å². The van der Waals surface area contributed by atoms with Crippen molar-refractivity contribution >= 4 is 0 Å². The summed E-state index contributed by atoms with van der Waals surface area (Å²) < 4.78 is 35.2. The lowest BCUT2D eigenvalue weighted by Gasteiger charge is -2.00. The Hall–Kier alpha value is -0.210. The zero-order valence-corrected chi connectivity index (χ0v) is 4.50. The second-order valence-electron chi connectivity index (χ2n) is 2.33. The molecule has 0 aromatic rings. The molecule has 0 saturated heterocycles. The van der Waals surface area contributed by atoms with Gasteiger partial charge in [-0.3, -0.25) is 0 Å². The van der Waals surface area contributed by atoms with Gasteiger partial charge in [-0.25, -0.2) is 13.2 Å². The van der Waals surface area contributed by atoms with E-state index in [-0.39, 0.29) is 6.42 Å². The summed E-state index contributed by atoms with van der Waals surface area (Å²) in [5, 5.41) is 0. The molecule has 1 aliphatic rings. The summed E-state index contributed by atoms with van der Waals surface area (Å²) in [5.74, 6) is -0.428. The van der Waals surface area contributed by atoms with Crippen molar-refractivity contribution in [1.29, 1.82) is 0 Å².